The van der Waals surface area contributed by atoms with Gasteiger partial charge in [0.1, 0.15) is 0 Å². The van der Waals surface area contributed by atoms with Crippen molar-refractivity contribution in [3.8, 4) is 0 Å². The van der Waals surface area contributed by atoms with Crippen molar-refractivity contribution in [1.82, 2.24) is 20.1 Å². The lowest BCUT2D eigenvalue weighted by Crippen LogP contribution is -2.40. The molecule has 0 aromatic carbocycles. The topological polar surface area (TPSA) is 44.6 Å². The Morgan fingerprint density at radius 3 is 2.54 bits per heavy atom. The van der Waals surface area contributed by atoms with Gasteiger partial charge in [0, 0.05) is 44.6 Å². The van der Waals surface area contributed by atoms with E-state index >= 15 is 0 Å². The van der Waals surface area contributed by atoms with Crippen LogP contribution in [0, 0.1) is 0 Å². The van der Waals surface area contributed by atoms with Crippen LogP contribution in [0.25, 0.3) is 0 Å². The number of aliphatic imine (C=N–C) groups is 1. The van der Waals surface area contributed by atoms with Crippen LogP contribution in [0.3, 0.4) is 0 Å². The Kier molecular flexibility index (Phi) is 11.2. The highest BCUT2D eigenvalue weighted by molar-refractivity contribution is 14.0. The summed E-state index contributed by atoms with van der Waals surface area (Å²) in [7, 11) is 2.25. The predicted molar refractivity (Wildman–Crippen MR) is 113 cm³/mol. The molecule has 0 saturated heterocycles. The van der Waals surface area contributed by atoms with Crippen LogP contribution in [-0.4, -0.2) is 54.7 Å². The maximum Gasteiger partial charge on any atom is 0.191 e. The minimum absolute atomic E-state index is 0. The van der Waals surface area contributed by atoms with Gasteiger partial charge in [0.2, 0.25) is 0 Å². The van der Waals surface area contributed by atoms with Gasteiger partial charge in [-0.2, -0.15) is 0 Å². The quantitative estimate of drug-likeness (QED) is 0.366. The molecule has 0 amide bonds. The van der Waals surface area contributed by atoms with E-state index in [4.69, 9.17) is 4.99 Å². The standard InChI is InChI=1S/C18H33N5.HI/c1-3-19-18(21-12-16-23-13-7-8-14-23)20-11-15-22(2)17-9-5-4-6-10-17;/h7-8,13-14,17H,3-6,9-12,15-16H2,1-2H3,(H2,19,20,21);1H. The second-order valence-electron chi connectivity index (χ2n) is 6.38. The van der Waals surface area contributed by atoms with Crippen molar-refractivity contribution < 1.29 is 0 Å². The maximum absolute atomic E-state index is 4.71. The molecule has 138 valence electrons. The molecule has 0 aliphatic heterocycles. The largest absolute Gasteiger partial charge is 0.357 e. The summed E-state index contributed by atoms with van der Waals surface area (Å²) < 4.78 is 2.17. The molecule has 5 nitrogen and oxygen atoms in total. The Balaban J connectivity index is 0.00000288. The van der Waals surface area contributed by atoms with Crippen LogP contribution >= 0.6 is 24.0 Å². The zero-order chi connectivity index (χ0) is 16.3. The monoisotopic (exact) mass is 447 g/mol. The highest BCUT2D eigenvalue weighted by atomic mass is 127. The maximum atomic E-state index is 4.71. The third kappa shape index (κ3) is 7.88. The highest BCUT2D eigenvalue weighted by Gasteiger charge is 2.17. The van der Waals surface area contributed by atoms with Gasteiger partial charge in [0.05, 0.1) is 6.54 Å². The fourth-order valence-corrected chi connectivity index (χ4v) is 3.19. The third-order valence-electron chi connectivity index (χ3n) is 4.59. The summed E-state index contributed by atoms with van der Waals surface area (Å²) in [4.78, 5) is 7.20. The van der Waals surface area contributed by atoms with E-state index in [1.54, 1.807) is 0 Å². The van der Waals surface area contributed by atoms with E-state index in [1.807, 2.05) is 0 Å². The van der Waals surface area contributed by atoms with Crippen molar-refractivity contribution >= 4 is 29.9 Å². The number of aromatic nitrogens is 1. The smallest absolute Gasteiger partial charge is 0.191 e. The van der Waals surface area contributed by atoms with Crippen LogP contribution in [0.15, 0.2) is 29.5 Å². The average Bonchev–Trinajstić information content (AvgIpc) is 3.09. The number of hydrogen-bond acceptors (Lipinski definition) is 2. The van der Waals surface area contributed by atoms with E-state index < -0.39 is 0 Å². The van der Waals surface area contributed by atoms with Crippen LogP contribution < -0.4 is 10.6 Å². The Hall–Kier alpha value is -0.760. The molecule has 0 unspecified atom stereocenters. The van der Waals surface area contributed by atoms with E-state index in [0.29, 0.717) is 0 Å². The van der Waals surface area contributed by atoms with Crippen LogP contribution in [0.4, 0.5) is 0 Å². The van der Waals surface area contributed by atoms with E-state index in [2.05, 4.69) is 58.6 Å². The fourth-order valence-electron chi connectivity index (χ4n) is 3.19. The van der Waals surface area contributed by atoms with Gasteiger partial charge in [-0.15, -0.1) is 24.0 Å². The Bertz CT molecular complexity index is 440. The lowest BCUT2D eigenvalue weighted by Gasteiger charge is -2.30. The minimum Gasteiger partial charge on any atom is -0.357 e. The summed E-state index contributed by atoms with van der Waals surface area (Å²) in [5.41, 5.74) is 0. The molecule has 1 aromatic heterocycles. The average molecular weight is 447 g/mol. The molecule has 24 heavy (non-hydrogen) atoms. The number of likely N-dealkylation sites (N-methyl/N-ethyl adjacent to an activating group) is 1. The van der Waals surface area contributed by atoms with Gasteiger partial charge in [-0.25, -0.2) is 0 Å². The zero-order valence-electron chi connectivity index (χ0n) is 15.2. The second kappa shape index (κ2) is 12.6. The van der Waals surface area contributed by atoms with Gasteiger partial charge in [-0.05, 0) is 38.9 Å². The van der Waals surface area contributed by atoms with Crippen molar-refractivity contribution in [1.29, 1.82) is 0 Å². The predicted octanol–water partition coefficient (Wildman–Crippen LogP) is 2.93. The molecule has 0 radical (unpaired) electrons. The number of guanidine groups is 1. The molecule has 0 atom stereocenters. The molecule has 1 aliphatic carbocycles. The zero-order valence-corrected chi connectivity index (χ0v) is 17.5. The lowest BCUT2D eigenvalue weighted by molar-refractivity contribution is 0.196. The van der Waals surface area contributed by atoms with Crippen LogP contribution in [0.5, 0.6) is 0 Å². The minimum atomic E-state index is 0. The molecule has 1 saturated carbocycles. The van der Waals surface area contributed by atoms with Crippen molar-refractivity contribution in [2.75, 3.05) is 33.2 Å². The lowest BCUT2D eigenvalue weighted by atomic mass is 9.94. The number of nitrogens with zero attached hydrogens (tertiary/aromatic N) is 3. The first-order valence-corrected chi connectivity index (χ1v) is 9.12. The Labute approximate surface area is 164 Å². The second-order valence-corrected chi connectivity index (χ2v) is 6.38. The summed E-state index contributed by atoms with van der Waals surface area (Å²) in [6, 6.07) is 4.88. The summed E-state index contributed by atoms with van der Waals surface area (Å²) in [5.74, 6) is 0.928. The van der Waals surface area contributed by atoms with Gasteiger partial charge in [0.15, 0.2) is 5.96 Å². The van der Waals surface area contributed by atoms with E-state index in [-0.39, 0.29) is 24.0 Å². The summed E-state index contributed by atoms with van der Waals surface area (Å²) >= 11 is 0. The molecule has 1 aliphatic rings. The van der Waals surface area contributed by atoms with Gasteiger partial charge >= 0.3 is 0 Å². The molecule has 1 aromatic rings. The van der Waals surface area contributed by atoms with Crippen molar-refractivity contribution in [2.45, 2.75) is 51.6 Å². The fraction of sp³-hybridized carbons (Fsp3) is 0.722. The van der Waals surface area contributed by atoms with Crippen molar-refractivity contribution in [2.24, 2.45) is 4.99 Å². The first-order valence-electron chi connectivity index (χ1n) is 9.12. The molecule has 6 heteroatoms. The van der Waals surface area contributed by atoms with E-state index in [9.17, 15) is 0 Å². The van der Waals surface area contributed by atoms with Crippen molar-refractivity contribution in [3.63, 3.8) is 0 Å². The Morgan fingerprint density at radius 2 is 1.88 bits per heavy atom. The van der Waals surface area contributed by atoms with Gasteiger partial charge < -0.3 is 20.1 Å². The molecule has 1 heterocycles. The number of rotatable bonds is 8. The van der Waals surface area contributed by atoms with Gasteiger partial charge in [-0.3, -0.25) is 4.99 Å². The van der Waals surface area contributed by atoms with Crippen molar-refractivity contribution in [3.05, 3.63) is 24.5 Å². The highest BCUT2D eigenvalue weighted by Crippen LogP contribution is 2.21. The molecule has 2 rings (SSSR count). The van der Waals surface area contributed by atoms with Gasteiger partial charge in [0.25, 0.3) is 0 Å². The Morgan fingerprint density at radius 1 is 1.17 bits per heavy atom. The SMILES string of the molecule is CCNC(=NCCN(C)C1CCCCC1)NCCn1cccc1.I. The number of halogens is 1. The third-order valence-corrected chi connectivity index (χ3v) is 4.59. The van der Waals surface area contributed by atoms with Crippen LogP contribution in [0.1, 0.15) is 39.0 Å². The summed E-state index contributed by atoms with van der Waals surface area (Å²) in [6.45, 7) is 6.74. The normalized spacial score (nSPS) is 16.0. The van der Waals surface area contributed by atoms with Gasteiger partial charge in [-0.1, -0.05) is 19.3 Å². The first kappa shape index (κ1) is 21.3. The molecule has 1 fully saturated rings. The first-order chi connectivity index (χ1) is 11.3. The van der Waals surface area contributed by atoms with Crippen LogP contribution in [-0.2, 0) is 6.54 Å². The number of nitrogens with one attached hydrogen (secondary N) is 2. The summed E-state index contributed by atoms with van der Waals surface area (Å²) in [6.07, 6.45) is 11.1. The van der Waals surface area contributed by atoms with Crippen LogP contribution in [0.2, 0.25) is 0 Å². The molecular formula is C18H34IN5. The molecular weight excluding hydrogens is 413 g/mol. The molecule has 0 bridgehead atoms. The molecule has 0 spiro atoms. The molecule has 2 N–H and O–H groups in total. The van der Waals surface area contributed by atoms with E-state index in [1.165, 1.54) is 32.1 Å². The van der Waals surface area contributed by atoms with E-state index in [0.717, 1.165) is 44.7 Å². The number of hydrogen-bond donors (Lipinski definition) is 2. The summed E-state index contributed by atoms with van der Waals surface area (Å²) in [5, 5.41) is 6.74.